The van der Waals surface area contributed by atoms with Crippen molar-refractivity contribution in [3.63, 3.8) is 0 Å². The molecular formula is C16H19NO. The molecule has 1 fully saturated rings. The van der Waals surface area contributed by atoms with Crippen LogP contribution < -0.4 is 5.73 Å². The molecule has 18 heavy (non-hydrogen) atoms. The zero-order valence-corrected chi connectivity index (χ0v) is 10.7. The minimum absolute atomic E-state index is 0.131. The van der Waals surface area contributed by atoms with E-state index in [-0.39, 0.29) is 5.60 Å². The summed E-state index contributed by atoms with van der Waals surface area (Å²) in [6.07, 6.45) is 7.60. The zero-order valence-electron chi connectivity index (χ0n) is 10.7. The van der Waals surface area contributed by atoms with Crippen molar-refractivity contribution in [3.05, 3.63) is 53.7 Å². The second-order valence-electron chi connectivity index (χ2n) is 5.24. The molecule has 0 saturated heterocycles. The normalized spacial score (nSPS) is 27.6. The lowest BCUT2D eigenvalue weighted by Gasteiger charge is -2.34. The maximum absolute atomic E-state index is 6.14. The van der Waals surface area contributed by atoms with Crippen LogP contribution in [0.2, 0.25) is 0 Å². The fourth-order valence-electron chi connectivity index (χ4n) is 2.84. The molecular weight excluding hydrogens is 222 g/mol. The molecule has 0 bridgehead atoms. The Bertz CT molecular complexity index is 499. The second-order valence-corrected chi connectivity index (χ2v) is 5.24. The van der Waals surface area contributed by atoms with Gasteiger partial charge in [0.05, 0.1) is 5.60 Å². The van der Waals surface area contributed by atoms with Crippen LogP contribution in [0.1, 0.15) is 24.8 Å². The molecule has 2 N–H and O–H groups in total. The average Bonchev–Trinajstić information content (AvgIpc) is 3.26. The first-order chi connectivity index (χ1) is 8.75. The average molecular weight is 241 g/mol. The number of nitrogens with two attached hydrogens (primary N) is 1. The molecule has 2 heteroatoms. The molecule has 0 radical (unpaired) electrons. The first kappa shape index (κ1) is 11.5. The third kappa shape index (κ3) is 1.87. The number of benzene rings is 1. The summed E-state index contributed by atoms with van der Waals surface area (Å²) in [4.78, 5) is 0. The SMILES string of the molecule is COC1(C2CC2)C=CC(N)=C(c2ccccc2)C1. The molecule has 2 aliphatic carbocycles. The van der Waals surface area contributed by atoms with Crippen LogP contribution in [-0.2, 0) is 4.74 Å². The van der Waals surface area contributed by atoms with E-state index in [1.54, 1.807) is 0 Å². The highest BCUT2D eigenvalue weighted by Gasteiger charge is 2.45. The first-order valence-corrected chi connectivity index (χ1v) is 6.53. The van der Waals surface area contributed by atoms with Crippen molar-refractivity contribution in [1.82, 2.24) is 0 Å². The summed E-state index contributed by atoms with van der Waals surface area (Å²) < 4.78 is 5.83. The van der Waals surface area contributed by atoms with Crippen LogP contribution in [-0.4, -0.2) is 12.7 Å². The largest absolute Gasteiger partial charge is 0.398 e. The smallest absolute Gasteiger partial charge is 0.0931 e. The van der Waals surface area contributed by atoms with Crippen LogP contribution in [0.3, 0.4) is 0 Å². The molecule has 0 amide bonds. The van der Waals surface area contributed by atoms with Gasteiger partial charge in [0.25, 0.3) is 0 Å². The Labute approximate surface area is 108 Å². The molecule has 2 aliphatic rings. The van der Waals surface area contributed by atoms with Gasteiger partial charge < -0.3 is 10.5 Å². The molecule has 0 aliphatic heterocycles. The number of hydrogen-bond acceptors (Lipinski definition) is 2. The first-order valence-electron chi connectivity index (χ1n) is 6.53. The maximum Gasteiger partial charge on any atom is 0.0931 e. The summed E-state index contributed by atoms with van der Waals surface area (Å²) in [6.45, 7) is 0. The molecule has 1 aromatic carbocycles. The van der Waals surface area contributed by atoms with Gasteiger partial charge in [-0.15, -0.1) is 0 Å². The molecule has 1 atom stereocenters. The summed E-state index contributed by atoms with van der Waals surface area (Å²) in [5, 5.41) is 0. The van der Waals surface area contributed by atoms with Crippen molar-refractivity contribution in [2.24, 2.45) is 11.7 Å². The second kappa shape index (κ2) is 4.29. The van der Waals surface area contributed by atoms with Crippen LogP contribution in [0.4, 0.5) is 0 Å². The van der Waals surface area contributed by atoms with Crippen LogP contribution in [0.15, 0.2) is 48.2 Å². The fraction of sp³-hybridized carbons (Fsp3) is 0.375. The van der Waals surface area contributed by atoms with E-state index in [1.165, 1.54) is 24.0 Å². The monoisotopic (exact) mass is 241 g/mol. The highest BCUT2D eigenvalue weighted by atomic mass is 16.5. The van der Waals surface area contributed by atoms with Gasteiger partial charge in [-0.1, -0.05) is 36.4 Å². The van der Waals surface area contributed by atoms with E-state index in [9.17, 15) is 0 Å². The standard InChI is InChI=1S/C16H19NO/c1-18-16(13-7-8-13)10-9-15(17)14(11-16)12-5-3-2-4-6-12/h2-6,9-10,13H,7-8,11,17H2,1H3. The van der Waals surface area contributed by atoms with E-state index in [0.717, 1.165) is 12.1 Å². The van der Waals surface area contributed by atoms with E-state index in [2.05, 4.69) is 30.3 Å². The van der Waals surface area contributed by atoms with Crippen molar-refractivity contribution in [2.75, 3.05) is 7.11 Å². The molecule has 1 saturated carbocycles. The zero-order chi connectivity index (χ0) is 12.6. The molecule has 3 rings (SSSR count). The van der Waals surface area contributed by atoms with Gasteiger partial charge in [0.1, 0.15) is 0 Å². The number of rotatable bonds is 3. The van der Waals surface area contributed by atoms with E-state index in [0.29, 0.717) is 5.92 Å². The van der Waals surface area contributed by atoms with Crippen LogP contribution >= 0.6 is 0 Å². The van der Waals surface area contributed by atoms with E-state index < -0.39 is 0 Å². The van der Waals surface area contributed by atoms with Crippen molar-refractivity contribution in [1.29, 1.82) is 0 Å². The van der Waals surface area contributed by atoms with Gasteiger partial charge >= 0.3 is 0 Å². The number of hydrogen-bond donors (Lipinski definition) is 1. The number of ether oxygens (including phenoxy) is 1. The summed E-state index contributed by atoms with van der Waals surface area (Å²) in [5.41, 5.74) is 9.31. The molecule has 94 valence electrons. The minimum atomic E-state index is -0.131. The predicted molar refractivity (Wildman–Crippen MR) is 73.8 cm³/mol. The van der Waals surface area contributed by atoms with Gasteiger partial charge in [0.15, 0.2) is 0 Å². The Hall–Kier alpha value is -1.54. The van der Waals surface area contributed by atoms with E-state index in [4.69, 9.17) is 10.5 Å². The lowest BCUT2D eigenvalue weighted by Crippen LogP contribution is -2.34. The minimum Gasteiger partial charge on any atom is -0.398 e. The summed E-state index contributed by atoms with van der Waals surface area (Å²) in [5.74, 6) is 0.658. The quantitative estimate of drug-likeness (QED) is 0.882. The summed E-state index contributed by atoms with van der Waals surface area (Å²) in [6, 6.07) is 10.4. The van der Waals surface area contributed by atoms with Crippen molar-refractivity contribution < 1.29 is 4.74 Å². The Morgan fingerprint density at radius 1 is 1.22 bits per heavy atom. The third-order valence-electron chi connectivity index (χ3n) is 4.12. The fourth-order valence-corrected chi connectivity index (χ4v) is 2.84. The van der Waals surface area contributed by atoms with Gasteiger partial charge in [0.2, 0.25) is 0 Å². The molecule has 0 spiro atoms. The number of methoxy groups -OCH3 is 1. The van der Waals surface area contributed by atoms with Crippen LogP contribution in [0.5, 0.6) is 0 Å². The van der Waals surface area contributed by atoms with Gasteiger partial charge in [-0.2, -0.15) is 0 Å². The van der Waals surface area contributed by atoms with Gasteiger partial charge in [-0.25, -0.2) is 0 Å². The van der Waals surface area contributed by atoms with Gasteiger partial charge in [-0.3, -0.25) is 0 Å². The molecule has 2 nitrogen and oxygen atoms in total. The summed E-state index contributed by atoms with van der Waals surface area (Å²) >= 11 is 0. The van der Waals surface area contributed by atoms with Crippen molar-refractivity contribution in [2.45, 2.75) is 24.9 Å². The maximum atomic E-state index is 6.14. The van der Waals surface area contributed by atoms with Gasteiger partial charge in [0, 0.05) is 19.2 Å². The van der Waals surface area contributed by atoms with Crippen LogP contribution in [0, 0.1) is 5.92 Å². The Kier molecular flexibility index (Phi) is 2.75. The lowest BCUT2D eigenvalue weighted by molar-refractivity contribution is 0.0165. The van der Waals surface area contributed by atoms with Gasteiger partial charge in [-0.05, 0) is 36.0 Å². The number of allylic oxidation sites excluding steroid dienone is 1. The van der Waals surface area contributed by atoms with Crippen LogP contribution in [0.25, 0.3) is 5.57 Å². The van der Waals surface area contributed by atoms with Crippen molar-refractivity contribution in [3.8, 4) is 0 Å². The highest BCUT2D eigenvalue weighted by Crippen LogP contribution is 2.49. The Balaban J connectivity index is 1.97. The summed E-state index contributed by atoms with van der Waals surface area (Å²) in [7, 11) is 1.81. The molecule has 0 aromatic heterocycles. The topological polar surface area (TPSA) is 35.2 Å². The molecule has 0 heterocycles. The van der Waals surface area contributed by atoms with Crippen molar-refractivity contribution >= 4 is 5.57 Å². The Morgan fingerprint density at radius 3 is 2.56 bits per heavy atom. The predicted octanol–water partition coefficient (Wildman–Crippen LogP) is 3.11. The Morgan fingerprint density at radius 2 is 1.94 bits per heavy atom. The lowest BCUT2D eigenvalue weighted by atomic mass is 9.82. The third-order valence-corrected chi connectivity index (χ3v) is 4.12. The highest BCUT2D eigenvalue weighted by molar-refractivity contribution is 5.73. The van der Waals surface area contributed by atoms with E-state index >= 15 is 0 Å². The molecule has 1 aromatic rings. The molecule has 1 unspecified atom stereocenters. The van der Waals surface area contributed by atoms with E-state index in [1.807, 2.05) is 19.3 Å².